The maximum atomic E-state index is 11.6. The first kappa shape index (κ1) is 14.8. The Morgan fingerprint density at radius 2 is 2.20 bits per heavy atom. The van der Waals surface area contributed by atoms with Crippen molar-refractivity contribution in [3.05, 3.63) is 23.9 Å². The lowest BCUT2D eigenvalue weighted by molar-refractivity contribution is 0.0526. The third-order valence-corrected chi connectivity index (χ3v) is 4.31. The van der Waals surface area contributed by atoms with E-state index in [0.29, 0.717) is 24.1 Å². The predicted octanol–water partition coefficient (Wildman–Crippen LogP) is 3.49. The Labute approximate surface area is 120 Å². The average molecular weight is 276 g/mol. The number of rotatable bonds is 4. The first-order valence-corrected chi connectivity index (χ1v) is 7.51. The number of nitrogens with zero attached hydrogens (tertiary/aromatic N) is 1. The number of ether oxygens (including phenoxy) is 1. The molecule has 1 aliphatic rings. The molecule has 1 saturated carbocycles. The lowest BCUT2D eigenvalue weighted by Gasteiger charge is -2.34. The molecule has 3 unspecified atom stereocenters. The fourth-order valence-corrected chi connectivity index (χ4v) is 2.79. The molecule has 1 aromatic heterocycles. The van der Waals surface area contributed by atoms with Crippen molar-refractivity contribution < 1.29 is 9.53 Å². The lowest BCUT2D eigenvalue weighted by Crippen LogP contribution is -2.35. The molecule has 0 amide bonds. The van der Waals surface area contributed by atoms with Crippen molar-refractivity contribution in [2.45, 2.75) is 46.1 Å². The van der Waals surface area contributed by atoms with Gasteiger partial charge in [-0.2, -0.15) is 0 Å². The highest BCUT2D eigenvalue weighted by Crippen LogP contribution is 2.31. The molecule has 1 aliphatic carbocycles. The summed E-state index contributed by atoms with van der Waals surface area (Å²) in [4.78, 5) is 15.9. The average Bonchev–Trinajstić information content (AvgIpc) is 2.45. The highest BCUT2D eigenvalue weighted by atomic mass is 16.5. The van der Waals surface area contributed by atoms with Gasteiger partial charge in [-0.3, -0.25) is 0 Å². The van der Waals surface area contributed by atoms with Crippen molar-refractivity contribution in [3.63, 3.8) is 0 Å². The smallest absolute Gasteiger partial charge is 0.339 e. The molecule has 0 aromatic carbocycles. The standard InChI is InChI=1S/C16H24N2O2/c1-4-20-16(19)13-8-9-15(17-10-13)18-14-7-5-6-11(2)12(14)3/h8-12,14H,4-7H2,1-3H3,(H,17,18). The zero-order valence-electron chi connectivity index (χ0n) is 12.6. The minimum absolute atomic E-state index is 0.314. The van der Waals surface area contributed by atoms with Crippen molar-refractivity contribution >= 4 is 11.8 Å². The van der Waals surface area contributed by atoms with E-state index in [4.69, 9.17) is 4.74 Å². The van der Waals surface area contributed by atoms with Crippen molar-refractivity contribution in [2.24, 2.45) is 11.8 Å². The summed E-state index contributed by atoms with van der Waals surface area (Å²) < 4.78 is 4.95. The van der Waals surface area contributed by atoms with Gasteiger partial charge < -0.3 is 10.1 Å². The van der Waals surface area contributed by atoms with Crippen LogP contribution in [-0.4, -0.2) is 23.6 Å². The van der Waals surface area contributed by atoms with Gasteiger partial charge in [-0.05, 0) is 37.3 Å². The highest BCUT2D eigenvalue weighted by Gasteiger charge is 2.27. The molecular formula is C16H24N2O2. The summed E-state index contributed by atoms with van der Waals surface area (Å²) in [7, 11) is 0. The maximum absolute atomic E-state index is 11.6. The molecule has 2 rings (SSSR count). The van der Waals surface area contributed by atoms with Gasteiger partial charge >= 0.3 is 5.97 Å². The number of hydrogen-bond donors (Lipinski definition) is 1. The van der Waals surface area contributed by atoms with Crippen LogP contribution in [0.2, 0.25) is 0 Å². The summed E-state index contributed by atoms with van der Waals surface area (Å²) in [5, 5.41) is 3.50. The highest BCUT2D eigenvalue weighted by molar-refractivity contribution is 5.89. The van der Waals surface area contributed by atoms with Crippen LogP contribution in [0.25, 0.3) is 0 Å². The Balaban J connectivity index is 1.98. The van der Waals surface area contributed by atoms with E-state index in [1.807, 2.05) is 6.07 Å². The van der Waals surface area contributed by atoms with Crippen LogP contribution in [0.5, 0.6) is 0 Å². The zero-order chi connectivity index (χ0) is 14.5. The molecule has 1 fully saturated rings. The lowest BCUT2D eigenvalue weighted by atomic mass is 9.78. The van der Waals surface area contributed by atoms with Gasteiger partial charge in [0.1, 0.15) is 5.82 Å². The summed E-state index contributed by atoms with van der Waals surface area (Å²) in [6.07, 6.45) is 5.35. The zero-order valence-corrected chi connectivity index (χ0v) is 12.6. The summed E-state index contributed by atoms with van der Waals surface area (Å²) >= 11 is 0. The van der Waals surface area contributed by atoms with Gasteiger partial charge in [0.2, 0.25) is 0 Å². The molecule has 1 N–H and O–H groups in total. The van der Waals surface area contributed by atoms with Crippen molar-refractivity contribution in [2.75, 3.05) is 11.9 Å². The predicted molar refractivity (Wildman–Crippen MR) is 79.8 cm³/mol. The van der Waals surface area contributed by atoms with Crippen LogP contribution in [0.1, 0.15) is 50.4 Å². The Morgan fingerprint density at radius 3 is 2.85 bits per heavy atom. The van der Waals surface area contributed by atoms with Crippen LogP contribution < -0.4 is 5.32 Å². The van der Waals surface area contributed by atoms with Gasteiger partial charge in [0, 0.05) is 12.2 Å². The van der Waals surface area contributed by atoms with E-state index in [2.05, 4.69) is 24.1 Å². The minimum Gasteiger partial charge on any atom is -0.462 e. The van der Waals surface area contributed by atoms with Gasteiger partial charge in [-0.15, -0.1) is 0 Å². The van der Waals surface area contributed by atoms with E-state index < -0.39 is 0 Å². The summed E-state index contributed by atoms with van der Waals surface area (Å²) in [6.45, 7) is 6.80. The second-order valence-corrected chi connectivity index (χ2v) is 5.67. The third kappa shape index (κ3) is 3.50. The molecule has 4 heteroatoms. The fourth-order valence-electron chi connectivity index (χ4n) is 2.79. The van der Waals surface area contributed by atoms with Crippen LogP contribution in [-0.2, 0) is 4.74 Å². The summed E-state index contributed by atoms with van der Waals surface area (Å²) in [6, 6.07) is 4.10. The number of carbonyl (C=O) groups is 1. The molecule has 4 nitrogen and oxygen atoms in total. The van der Waals surface area contributed by atoms with E-state index in [1.54, 1.807) is 19.2 Å². The van der Waals surface area contributed by atoms with Crippen LogP contribution >= 0.6 is 0 Å². The molecule has 3 atom stereocenters. The van der Waals surface area contributed by atoms with Crippen LogP contribution in [0, 0.1) is 11.8 Å². The van der Waals surface area contributed by atoms with Crippen LogP contribution in [0.15, 0.2) is 18.3 Å². The van der Waals surface area contributed by atoms with Crippen LogP contribution in [0.3, 0.4) is 0 Å². The van der Waals surface area contributed by atoms with E-state index in [-0.39, 0.29) is 5.97 Å². The number of hydrogen-bond acceptors (Lipinski definition) is 4. The first-order chi connectivity index (χ1) is 9.61. The second kappa shape index (κ2) is 6.73. The summed E-state index contributed by atoms with van der Waals surface area (Å²) in [5.41, 5.74) is 0.502. The van der Waals surface area contributed by atoms with E-state index >= 15 is 0 Å². The SMILES string of the molecule is CCOC(=O)c1ccc(NC2CCCC(C)C2C)nc1. The number of pyridine rings is 1. The molecule has 0 bridgehead atoms. The number of nitrogens with one attached hydrogen (secondary N) is 1. The quantitative estimate of drug-likeness (QED) is 0.855. The van der Waals surface area contributed by atoms with E-state index in [0.717, 1.165) is 11.7 Å². The van der Waals surface area contributed by atoms with E-state index in [9.17, 15) is 4.79 Å². The number of anilines is 1. The van der Waals surface area contributed by atoms with Gasteiger partial charge in [0.25, 0.3) is 0 Å². The van der Waals surface area contributed by atoms with Gasteiger partial charge in [0.15, 0.2) is 0 Å². The monoisotopic (exact) mass is 276 g/mol. The molecule has 1 heterocycles. The van der Waals surface area contributed by atoms with Gasteiger partial charge in [-0.1, -0.05) is 26.7 Å². The minimum atomic E-state index is -0.314. The molecule has 1 aromatic rings. The number of esters is 1. The molecule has 0 radical (unpaired) electrons. The molecule has 110 valence electrons. The molecular weight excluding hydrogens is 252 g/mol. The first-order valence-electron chi connectivity index (χ1n) is 7.51. The Hall–Kier alpha value is -1.58. The van der Waals surface area contributed by atoms with Gasteiger partial charge in [-0.25, -0.2) is 9.78 Å². The summed E-state index contributed by atoms with van der Waals surface area (Å²) in [5.74, 6) is 1.92. The normalized spacial score (nSPS) is 26.1. The second-order valence-electron chi connectivity index (χ2n) is 5.67. The van der Waals surface area contributed by atoms with Crippen LogP contribution in [0.4, 0.5) is 5.82 Å². The Bertz CT molecular complexity index is 444. The Morgan fingerprint density at radius 1 is 1.40 bits per heavy atom. The van der Waals surface area contributed by atoms with Crippen molar-refractivity contribution in [1.82, 2.24) is 4.98 Å². The maximum Gasteiger partial charge on any atom is 0.339 e. The molecule has 0 saturated heterocycles. The molecule has 0 aliphatic heterocycles. The molecule has 20 heavy (non-hydrogen) atoms. The largest absolute Gasteiger partial charge is 0.462 e. The van der Waals surface area contributed by atoms with E-state index in [1.165, 1.54) is 19.3 Å². The fraction of sp³-hybridized carbons (Fsp3) is 0.625. The number of carbonyl (C=O) groups excluding carboxylic acids is 1. The van der Waals surface area contributed by atoms with Gasteiger partial charge in [0.05, 0.1) is 12.2 Å². The number of aromatic nitrogens is 1. The topological polar surface area (TPSA) is 51.2 Å². The molecule has 0 spiro atoms. The Kier molecular flexibility index (Phi) is 4.99. The third-order valence-electron chi connectivity index (χ3n) is 4.31. The van der Waals surface area contributed by atoms with Crippen molar-refractivity contribution in [1.29, 1.82) is 0 Å². The van der Waals surface area contributed by atoms with Crippen molar-refractivity contribution in [3.8, 4) is 0 Å².